The van der Waals surface area contributed by atoms with Crippen LogP contribution in [-0.2, 0) is 9.53 Å². The number of rotatable bonds is 6. The van der Waals surface area contributed by atoms with Crippen LogP contribution in [0, 0.1) is 6.92 Å². The van der Waals surface area contributed by atoms with Crippen molar-refractivity contribution in [3.05, 3.63) is 99.5 Å². The molecule has 6 heteroatoms. The van der Waals surface area contributed by atoms with Crippen LogP contribution in [-0.4, -0.2) is 24.3 Å². The van der Waals surface area contributed by atoms with Crippen molar-refractivity contribution in [2.24, 2.45) is 0 Å². The maximum Gasteiger partial charge on any atom is 0.339 e. The first-order valence-corrected chi connectivity index (χ1v) is 9.67. The Balaban J connectivity index is 1.68. The van der Waals surface area contributed by atoms with Crippen molar-refractivity contribution in [1.29, 1.82) is 0 Å². The minimum absolute atomic E-state index is 0.116. The Kier molecular flexibility index (Phi) is 6.57. The van der Waals surface area contributed by atoms with Gasteiger partial charge in [0.15, 0.2) is 12.4 Å². The molecule has 0 bridgehead atoms. The van der Waals surface area contributed by atoms with E-state index in [2.05, 4.69) is 21.2 Å². The highest BCUT2D eigenvalue weighted by atomic mass is 79.9. The number of hydrogen-bond acceptors (Lipinski definition) is 4. The van der Waals surface area contributed by atoms with Crippen LogP contribution in [0.4, 0.5) is 5.69 Å². The fraction of sp³-hybridized carbons (Fsp3) is 0.0870. The lowest BCUT2D eigenvalue weighted by Crippen LogP contribution is -2.22. The summed E-state index contributed by atoms with van der Waals surface area (Å²) in [5.74, 6) is -1.50. The molecule has 3 rings (SSSR count). The first kappa shape index (κ1) is 20.5. The molecule has 0 saturated heterocycles. The summed E-state index contributed by atoms with van der Waals surface area (Å²) in [5, 5.41) is 2.68. The molecule has 1 N–H and O–H groups in total. The molecule has 0 fully saturated rings. The zero-order valence-electron chi connectivity index (χ0n) is 15.6. The summed E-state index contributed by atoms with van der Waals surface area (Å²) in [6.45, 7) is 1.47. The van der Waals surface area contributed by atoms with Crippen molar-refractivity contribution in [3.63, 3.8) is 0 Å². The van der Waals surface area contributed by atoms with Crippen LogP contribution >= 0.6 is 15.9 Å². The van der Waals surface area contributed by atoms with Gasteiger partial charge in [-0.05, 0) is 46.6 Å². The maximum absolute atomic E-state index is 12.7. The SMILES string of the molecule is Cc1ccc(NC(=O)COC(=O)c2ccccc2C(=O)c2ccccc2)c(Br)c1. The monoisotopic (exact) mass is 451 g/mol. The molecule has 0 saturated carbocycles. The molecule has 0 aliphatic rings. The Morgan fingerprint density at radius 1 is 0.897 bits per heavy atom. The lowest BCUT2D eigenvalue weighted by molar-refractivity contribution is -0.119. The van der Waals surface area contributed by atoms with Crippen LogP contribution in [0.15, 0.2) is 77.3 Å². The Labute approximate surface area is 176 Å². The Morgan fingerprint density at radius 3 is 2.24 bits per heavy atom. The predicted molar refractivity (Wildman–Crippen MR) is 114 cm³/mol. The lowest BCUT2D eigenvalue weighted by Gasteiger charge is -2.10. The van der Waals surface area contributed by atoms with E-state index in [-0.39, 0.29) is 16.9 Å². The summed E-state index contributed by atoms with van der Waals surface area (Å²) < 4.78 is 5.87. The minimum Gasteiger partial charge on any atom is -0.452 e. The highest BCUT2D eigenvalue weighted by molar-refractivity contribution is 9.10. The highest BCUT2D eigenvalue weighted by Crippen LogP contribution is 2.23. The maximum atomic E-state index is 12.7. The number of benzene rings is 3. The molecule has 1 amide bonds. The molecule has 3 aromatic carbocycles. The summed E-state index contributed by atoms with van der Waals surface area (Å²) in [6.07, 6.45) is 0. The minimum atomic E-state index is -0.733. The number of carbonyl (C=O) groups excluding carboxylic acids is 3. The predicted octanol–water partition coefficient (Wildman–Crippen LogP) is 4.78. The average Bonchev–Trinajstić information content (AvgIpc) is 2.74. The summed E-state index contributed by atoms with van der Waals surface area (Å²) in [5.41, 5.74) is 2.43. The largest absolute Gasteiger partial charge is 0.452 e. The third kappa shape index (κ3) is 5.18. The van der Waals surface area contributed by atoms with Gasteiger partial charge in [-0.3, -0.25) is 9.59 Å². The van der Waals surface area contributed by atoms with Gasteiger partial charge in [0.05, 0.1) is 11.3 Å². The second kappa shape index (κ2) is 9.30. The van der Waals surface area contributed by atoms with Crippen molar-refractivity contribution in [3.8, 4) is 0 Å². The second-order valence-corrected chi connectivity index (χ2v) is 7.20. The van der Waals surface area contributed by atoms with E-state index in [9.17, 15) is 14.4 Å². The molecule has 5 nitrogen and oxygen atoms in total. The fourth-order valence-corrected chi connectivity index (χ4v) is 3.31. The molecular formula is C23H18BrNO4. The Bertz CT molecular complexity index is 1060. The van der Waals surface area contributed by atoms with E-state index in [0.29, 0.717) is 11.3 Å². The molecule has 0 atom stereocenters. The van der Waals surface area contributed by atoms with E-state index in [0.717, 1.165) is 10.0 Å². The van der Waals surface area contributed by atoms with Gasteiger partial charge in [0, 0.05) is 15.6 Å². The lowest BCUT2D eigenvalue weighted by atomic mass is 9.98. The Morgan fingerprint density at radius 2 is 1.55 bits per heavy atom. The third-order valence-corrected chi connectivity index (χ3v) is 4.82. The summed E-state index contributed by atoms with van der Waals surface area (Å²) >= 11 is 3.38. The molecule has 0 aromatic heterocycles. The quantitative estimate of drug-likeness (QED) is 0.432. The van der Waals surface area contributed by atoms with Crippen LogP contribution in [0.5, 0.6) is 0 Å². The summed E-state index contributed by atoms with van der Waals surface area (Å²) in [4.78, 5) is 37.4. The zero-order valence-corrected chi connectivity index (χ0v) is 17.2. The van der Waals surface area contributed by atoms with Gasteiger partial charge in [-0.15, -0.1) is 0 Å². The van der Waals surface area contributed by atoms with E-state index < -0.39 is 18.5 Å². The molecule has 0 unspecified atom stereocenters. The molecule has 3 aromatic rings. The number of aryl methyl sites for hydroxylation is 1. The molecule has 0 heterocycles. The van der Waals surface area contributed by atoms with E-state index >= 15 is 0 Å². The van der Waals surface area contributed by atoms with Gasteiger partial charge < -0.3 is 10.1 Å². The Hall–Kier alpha value is -3.25. The van der Waals surface area contributed by atoms with Crippen LogP contribution in [0.3, 0.4) is 0 Å². The second-order valence-electron chi connectivity index (χ2n) is 6.35. The number of ether oxygens (including phenoxy) is 1. The highest BCUT2D eigenvalue weighted by Gasteiger charge is 2.20. The molecule has 0 aliphatic heterocycles. The molecule has 0 spiro atoms. The molecular weight excluding hydrogens is 434 g/mol. The van der Waals surface area contributed by atoms with Gasteiger partial charge in [0.1, 0.15) is 0 Å². The van der Waals surface area contributed by atoms with Gasteiger partial charge >= 0.3 is 5.97 Å². The van der Waals surface area contributed by atoms with Crippen LogP contribution in [0.2, 0.25) is 0 Å². The molecule has 0 radical (unpaired) electrons. The van der Waals surface area contributed by atoms with Gasteiger partial charge in [0.2, 0.25) is 0 Å². The smallest absolute Gasteiger partial charge is 0.339 e. The zero-order chi connectivity index (χ0) is 20.8. The van der Waals surface area contributed by atoms with Crippen molar-refractivity contribution in [2.75, 3.05) is 11.9 Å². The number of ketones is 1. The van der Waals surface area contributed by atoms with Crippen LogP contribution in [0.25, 0.3) is 0 Å². The van der Waals surface area contributed by atoms with E-state index in [1.54, 1.807) is 48.5 Å². The fourth-order valence-electron chi connectivity index (χ4n) is 2.72. The van der Waals surface area contributed by atoms with Crippen LogP contribution < -0.4 is 5.32 Å². The summed E-state index contributed by atoms with van der Waals surface area (Å²) in [7, 11) is 0. The van der Waals surface area contributed by atoms with Crippen LogP contribution in [0.1, 0.15) is 31.8 Å². The van der Waals surface area contributed by atoms with Crippen molar-refractivity contribution in [2.45, 2.75) is 6.92 Å². The number of nitrogens with one attached hydrogen (secondary N) is 1. The van der Waals surface area contributed by atoms with Crippen molar-refractivity contribution < 1.29 is 19.1 Å². The topological polar surface area (TPSA) is 72.5 Å². The first-order chi connectivity index (χ1) is 14.0. The standard InChI is InChI=1S/C23H18BrNO4/c1-15-11-12-20(19(24)13-15)25-21(26)14-29-23(28)18-10-6-5-9-17(18)22(27)16-7-3-2-4-8-16/h2-13H,14H2,1H3,(H,25,26). The number of halogens is 1. The van der Waals surface area contributed by atoms with Gasteiger partial charge in [0.25, 0.3) is 5.91 Å². The average molecular weight is 452 g/mol. The number of amides is 1. The number of anilines is 1. The number of hydrogen-bond donors (Lipinski definition) is 1. The van der Waals surface area contributed by atoms with Gasteiger partial charge in [-0.1, -0.05) is 54.6 Å². The van der Waals surface area contributed by atoms with Crippen molar-refractivity contribution >= 4 is 39.3 Å². The first-order valence-electron chi connectivity index (χ1n) is 8.87. The van der Waals surface area contributed by atoms with Gasteiger partial charge in [-0.2, -0.15) is 0 Å². The molecule has 0 aliphatic carbocycles. The molecule has 29 heavy (non-hydrogen) atoms. The number of carbonyl (C=O) groups is 3. The van der Waals surface area contributed by atoms with E-state index in [1.807, 2.05) is 25.1 Å². The van der Waals surface area contributed by atoms with E-state index in [4.69, 9.17) is 4.74 Å². The normalized spacial score (nSPS) is 10.3. The van der Waals surface area contributed by atoms with Crippen molar-refractivity contribution in [1.82, 2.24) is 0 Å². The number of esters is 1. The third-order valence-electron chi connectivity index (χ3n) is 4.16. The van der Waals surface area contributed by atoms with E-state index in [1.165, 1.54) is 6.07 Å². The molecule has 146 valence electrons. The summed E-state index contributed by atoms with van der Waals surface area (Å²) in [6, 6.07) is 20.5. The van der Waals surface area contributed by atoms with Gasteiger partial charge in [-0.25, -0.2) is 4.79 Å².